The summed E-state index contributed by atoms with van der Waals surface area (Å²) in [6.45, 7) is 2.84. The first-order valence-corrected chi connectivity index (χ1v) is 8.01. The van der Waals surface area contributed by atoms with Crippen LogP contribution in [0.2, 0.25) is 0 Å². The summed E-state index contributed by atoms with van der Waals surface area (Å²) < 4.78 is 5.46. The van der Waals surface area contributed by atoms with E-state index >= 15 is 0 Å². The van der Waals surface area contributed by atoms with Crippen LogP contribution in [-0.2, 0) is 0 Å². The van der Waals surface area contributed by atoms with E-state index in [-0.39, 0.29) is 5.84 Å². The number of anilines is 1. The van der Waals surface area contributed by atoms with Gasteiger partial charge in [0.2, 0.25) is 0 Å². The molecule has 3 rings (SSSR count). The SMILES string of the molecule is CCNc1ccc(C(=O)Oc2ccc3cc(C(=N)N)ccc3c2)cc1. The Kier molecular flexibility index (Phi) is 4.66. The first-order chi connectivity index (χ1) is 12.1. The Labute approximate surface area is 145 Å². The lowest BCUT2D eigenvalue weighted by atomic mass is 10.1. The molecule has 4 N–H and O–H groups in total. The van der Waals surface area contributed by atoms with Crippen LogP contribution in [0.15, 0.2) is 60.7 Å². The van der Waals surface area contributed by atoms with E-state index < -0.39 is 5.97 Å². The van der Waals surface area contributed by atoms with Gasteiger partial charge in [-0.15, -0.1) is 0 Å². The van der Waals surface area contributed by atoms with Gasteiger partial charge in [-0.25, -0.2) is 4.79 Å². The lowest BCUT2D eigenvalue weighted by Gasteiger charge is -2.08. The number of esters is 1. The molecule has 3 aromatic carbocycles. The summed E-state index contributed by atoms with van der Waals surface area (Å²) in [4.78, 5) is 12.3. The van der Waals surface area contributed by atoms with E-state index in [2.05, 4.69) is 5.32 Å². The first-order valence-electron chi connectivity index (χ1n) is 8.01. The number of nitrogen functional groups attached to an aromatic ring is 1. The van der Waals surface area contributed by atoms with Crippen LogP contribution in [-0.4, -0.2) is 18.3 Å². The number of carbonyl (C=O) groups excluding carboxylic acids is 1. The summed E-state index contributed by atoms with van der Waals surface area (Å²) in [6.07, 6.45) is 0. The Morgan fingerprint density at radius 3 is 2.32 bits per heavy atom. The van der Waals surface area contributed by atoms with Crippen molar-refractivity contribution in [3.05, 3.63) is 71.8 Å². The Bertz CT molecular complexity index is 933. The van der Waals surface area contributed by atoms with Crippen LogP contribution in [0.4, 0.5) is 5.69 Å². The highest BCUT2D eigenvalue weighted by atomic mass is 16.5. The highest BCUT2D eigenvalue weighted by Crippen LogP contribution is 2.23. The number of benzene rings is 3. The van der Waals surface area contributed by atoms with Crippen molar-refractivity contribution in [2.45, 2.75) is 6.92 Å². The second kappa shape index (κ2) is 7.05. The summed E-state index contributed by atoms with van der Waals surface area (Å²) in [5.41, 5.74) is 7.63. The fourth-order valence-electron chi connectivity index (χ4n) is 2.55. The average molecular weight is 333 g/mol. The minimum atomic E-state index is -0.400. The lowest BCUT2D eigenvalue weighted by Crippen LogP contribution is -2.10. The van der Waals surface area contributed by atoms with E-state index in [4.69, 9.17) is 15.9 Å². The molecule has 0 unspecified atom stereocenters. The van der Waals surface area contributed by atoms with Crippen LogP contribution in [0.5, 0.6) is 5.75 Å². The van der Waals surface area contributed by atoms with E-state index in [1.165, 1.54) is 0 Å². The van der Waals surface area contributed by atoms with Crippen molar-refractivity contribution in [3.8, 4) is 5.75 Å². The van der Waals surface area contributed by atoms with Gasteiger partial charge in [0.1, 0.15) is 11.6 Å². The maximum Gasteiger partial charge on any atom is 0.343 e. The van der Waals surface area contributed by atoms with Gasteiger partial charge in [-0.05, 0) is 60.2 Å². The van der Waals surface area contributed by atoms with Gasteiger partial charge in [0.25, 0.3) is 0 Å². The standard InChI is InChI=1S/C20H19N3O2/c1-2-23-17-8-5-13(6-9-17)20(24)25-18-10-7-14-11-16(19(21)22)4-3-15(14)12-18/h3-12,23H,2H2,1H3,(H3,21,22). The predicted molar refractivity (Wildman–Crippen MR) is 101 cm³/mol. The third-order valence-corrected chi connectivity index (χ3v) is 3.83. The molecular weight excluding hydrogens is 314 g/mol. The minimum absolute atomic E-state index is 0.0263. The summed E-state index contributed by atoms with van der Waals surface area (Å²) in [5.74, 6) is 0.102. The topological polar surface area (TPSA) is 88.2 Å². The number of fused-ring (bicyclic) bond motifs is 1. The van der Waals surface area contributed by atoms with Gasteiger partial charge in [0.05, 0.1) is 5.56 Å². The van der Waals surface area contributed by atoms with Crippen LogP contribution >= 0.6 is 0 Å². The summed E-state index contributed by atoms with van der Waals surface area (Å²) in [5, 5.41) is 12.5. The molecule has 3 aromatic rings. The van der Waals surface area contributed by atoms with Crippen LogP contribution in [0.1, 0.15) is 22.8 Å². The van der Waals surface area contributed by atoms with Crippen molar-refractivity contribution in [3.63, 3.8) is 0 Å². The highest BCUT2D eigenvalue weighted by molar-refractivity contribution is 5.99. The molecule has 0 aliphatic rings. The van der Waals surface area contributed by atoms with Gasteiger partial charge < -0.3 is 15.8 Å². The predicted octanol–water partition coefficient (Wildman–Crippen LogP) is 3.77. The van der Waals surface area contributed by atoms with E-state index in [0.717, 1.165) is 23.0 Å². The lowest BCUT2D eigenvalue weighted by molar-refractivity contribution is 0.0735. The molecule has 0 amide bonds. The van der Waals surface area contributed by atoms with Crippen molar-refractivity contribution in [2.75, 3.05) is 11.9 Å². The van der Waals surface area contributed by atoms with E-state index in [0.29, 0.717) is 16.9 Å². The smallest absolute Gasteiger partial charge is 0.343 e. The van der Waals surface area contributed by atoms with Crippen molar-refractivity contribution >= 4 is 28.3 Å². The monoisotopic (exact) mass is 333 g/mol. The second-order valence-electron chi connectivity index (χ2n) is 5.63. The maximum atomic E-state index is 12.3. The number of nitrogens with one attached hydrogen (secondary N) is 2. The van der Waals surface area contributed by atoms with E-state index in [1.807, 2.05) is 37.3 Å². The van der Waals surface area contributed by atoms with Gasteiger partial charge in [0.15, 0.2) is 0 Å². The number of hydrogen-bond donors (Lipinski definition) is 3. The molecule has 0 bridgehead atoms. The molecule has 25 heavy (non-hydrogen) atoms. The van der Waals surface area contributed by atoms with Crippen molar-refractivity contribution < 1.29 is 9.53 Å². The molecule has 0 heterocycles. The fourth-order valence-corrected chi connectivity index (χ4v) is 2.55. The third kappa shape index (κ3) is 3.77. The molecule has 0 atom stereocenters. The molecule has 5 nitrogen and oxygen atoms in total. The Morgan fingerprint density at radius 1 is 1.00 bits per heavy atom. The van der Waals surface area contributed by atoms with E-state index in [9.17, 15) is 4.79 Å². The van der Waals surface area contributed by atoms with Gasteiger partial charge >= 0.3 is 5.97 Å². The molecule has 0 aliphatic heterocycles. The van der Waals surface area contributed by atoms with Crippen molar-refractivity contribution in [1.82, 2.24) is 0 Å². The number of hydrogen-bond acceptors (Lipinski definition) is 4. The molecule has 0 spiro atoms. The fraction of sp³-hybridized carbons (Fsp3) is 0.100. The molecule has 0 saturated heterocycles. The van der Waals surface area contributed by atoms with Crippen LogP contribution < -0.4 is 15.8 Å². The molecule has 5 heteroatoms. The Morgan fingerprint density at radius 2 is 1.64 bits per heavy atom. The van der Waals surface area contributed by atoms with Gasteiger partial charge in [-0.1, -0.05) is 18.2 Å². The maximum absolute atomic E-state index is 12.3. The van der Waals surface area contributed by atoms with E-state index in [1.54, 1.807) is 30.3 Å². The molecule has 0 aliphatic carbocycles. The molecule has 0 aromatic heterocycles. The van der Waals surface area contributed by atoms with Crippen LogP contribution in [0, 0.1) is 5.41 Å². The van der Waals surface area contributed by atoms with Crippen LogP contribution in [0.25, 0.3) is 10.8 Å². The normalized spacial score (nSPS) is 10.4. The average Bonchev–Trinajstić information content (AvgIpc) is 2.62. The van der Waals surface area contributed by atoms with Gasteiger partial charge in [0, 0.05) is 17.8 Å². The number of rotatable bonds is 5. The Hall–Kier alpha value is -3.34. The minimum Gasteiger partial charge on any atom is -0.423 e. The quantitative estimate of drug-likeness (QED) is 0.287. The summed E-state index contributed by atoms with van der Waals surface area (Å²) in [6, 6.07) is 18.0. The molecular formula is C20H19N3O2. The third-order valence-electron chi connectivity index (χ3n) is 3.83. The number of amidine groups is 1. The zero-order chi connectivity index (χ0) is 17.8. The summed E-state index contributed by atoms with van der Waals surface area (Å²) >= 11 is 0. The van der Waals surface area contributed by atoms with Crippen molar-refractivity contribution in [2.24, 2.45) is 5.73 Å². The van der Waals surface area contributed by atoms with Crippen LogP contribution in [0.3, 0.4) is 0 Å². The molecule has 0 saturated carbocycles. The van der Waals surface area contributed by atoms with Gasteiger partial charge in [-0.2, -0.15) is 0 Å². The summed E-state index contributed by atoms with van der Waals surface area (Å²) in [7, 11) is 0. The Balaban J connectivity index is 1.78. The zero-order valence-corrected chi connectivity index (χ0v) is 13.9. The van der Waals surface area contributed by atoms with Crippen molar-refractivity contribution in [1.29, 1.82) is 5.41 Å². The number of ether oxygens (including phenoxy) is 1. The molecule has 0 radical (unpaired) electrons. The first kappa shape index (κ1) is 16.5. The number of nitrogens with two attached hydrogens (primary N) is 1. The van der Waals surface area contributed by atoms with Gasteiger partial charge in [-0.3, -0.25) is 5.41 Å². The zero-order valence-electron chi connectivity index (χ0n) is 13.9. The number of carbonyl (C=O) groups is 1. The largest absolute Gasteiger partial charge is 0.423 e. The molecule has 126 valence electrons. The molecule has 0 fully saturated rings. The second-order valence-corrected chi connectivity index (χ2v) is 5.63. The highest BCUT2D eigenvalue weighted by Gasteiger charge is 2.09.